The molecule has 1 saturated heterocycles. The van der Waals surface area contributed by atoms with Crippen LogP contribution in [-0.2, 0) is 14.3 Å². The van der Waals surface area contributed by atoms with Crippen LogP contribution in [0.3, 0.4) is 0 Å². The predicted molar refractivity (Wildman–Crippen MR) is 82.5 cm³/mol. The molecular weight excluding hydrogens is 282 g/mol. The Labute approximate surface area is 130 Å². The molecule has 1 heterocycles. The Morgan fingerprint density at radius 3 is 2.82 bits per heavy atom. The number of carbonyl (C=O) groups excluding carboxylic acids is 1. The summed E-state index contributed by atoms with van der Waals surface area (Å²) in [6, 6.07) is 7.05. The number of carboxylic acids is 1. The van der Waals surface area contributed by atoms with Crippen LogP contribution in [0, 0.1) is 6.92 Å². The fraction of sp³-hybridized carbons (Fsp3) is 0.529. The number of hydrogen-bond acceptors (Lipinski definition) is 3. The summed E-state index contributed by atoms with van der Waals surface area (Å²) in [5.74, 6) is -1.04. The minimum atomic E-state index is -0.923. The number of rotatable bonds is 7. The van der Waals surface area contributed by atoms with E-state index in [-0.39, 0.29) is 18.4 Å². The van der Waals surface area contributed by atoms with Crippen molar-refractivity contribution in [3.8, 4) is 0 Å². The number of aliphatic carboxylic acids is 1. The van der Waals surface area contributed by atoms with Crippen LogP contribution in [0.4, 0.5) is 0 Å². The summed E-state index contributed by atoms with van der Waals surface area (Å²) >= 11 is 0. The van der Waals surface area contributed by atoms with Gasteiger partial charge < -0.3 is 15.2 Å². The first-order chi connectivity index (χ1) is 10.6. The summed E-state index contributed by atoms with van der Waals surface area (Å²) in [6.45, 7) is 2.69. The number of carboxylic acid groups (broad SMARTS) is 1. The van der Waals surface area contributed by atoms with E-state index in [4.69, 9.17) is 9.84 Å². The highest BCUT2D eigenvalue weighted by molar-refractivity contribution is 5.77. The molecule has 22 heavy (non-hydrogen) atoms. The minimum Gasteiger partial charge on any atom is -0.481 e. The molecule has 1 aliphatic rings. The standard InChI is InChI=1S/C17H23NO4/c1-12-5-2-3-7-14(12)15(11-17(20)21)18-16(19)9-8-13-6-4-10-22-13/h2-3,5,7,13,15H,4,6,8-11H2,1H3,(H,18,19)(H,20,21)/t13-,15-/m1/s1. The number of carbonyl (C=O) groups is 2. The lowest BCUT2D eigenvalue weighted by molar-refractivity contribution is -0.137. The van der Waals surface area contributed by atoms with Gasteiger partial charge in [-0.1, -0.05) is 24.3 Å². The second kappa shape index (κ2) is 7.94. The van der Waals surface area contributed by atoms with Crippen molar-refractivity contribution >= 4 is 11.9 Å². The van der Waals surface area contributed by atoms with Crippen LogP contribution < -0.4 is 5.32 Å². The molecule has 1 aliphatic heterocycles. The number of benzene rings is 1. The van der Waals surface area contributed by atoms with Crippen molar-refractivity contribution in [2.24, 2.45) is 0 Å². The molecule has 2 N–H and O–H groups in total. The van der Waals surface area contributed by atoms with Gasteiger partial charge in [-0.15, -0.1) is 0 Å². The van der Waals surface area contributed by atoms with Crippen molar-refractivity contribution in [3.63, 3.8) is 0 Å². The van der Waals surface area contributed by atoms with Crippen LogP contribution in [0.5, 0.6) is 0 Å². The number of hydrogen-bond donors (Lipinski definition) is 2. The van der Waals surface area contributed by atoms with Crippen molar-refractivity contribution in [2.45, 2.75) is 51.2 Å². The molecule has 0 radical (unpaired) electrons. The van der Waals surface area contributed by atoms with Gasteiger partial charge in [-0.3, -0.25) is 9.59 Å². The summed E-state index contributed by atoms with van der Waals surface area (Å²) in [5.41, 5.74) is 1.84. The van der Waals surface area contributed by atoms with Gasteiger partial charge >= 0.3 is 5.97 Å². The first-order valence-corrected chi connectivity index (χ1v) is 7.74. The number of ether oxygens (including phenoxy) is 1. The lowest BCUT2D eigenvalue weighted by atomic mass is 9.98. The maximum Gasteiger partial charge on any atom is 0.305 e. The smallest absolute Gasteiger partial charge is 0.305 e. The van der Waals surface area contributed by atoms with Crippen molar-refractivity contribution in [3.05, 3.63) is 35.4 Å². The Kier molecular flexibility index (Phi) is 5.95. The van der Waals surface area contributed by atoms with Crippen LogP contribution in [0.1, 0.15) is 49.3 Å². The number of aryl methyl sites for hydroxylation is 1. The normalized spacial score (nSPS) is 18.9. The molecule has 120 valence electrons. The summed E-state index contributed by atoms with van der Waals surface area (Å²) < 4.78 is 5.50. The van der Waals surface area contributed by atoms with E-state index in [1.165, 1.54) is 0 Å². The molecule has 2 atom stereocenters. The fourth-order valence-electron chi connectivity index (χ4n) is 2.82. The van der Waals surface area contributed by atoms with Crippen LogP contribution >= 0.6 is 0 Å². The maximum atomic E-state index is 12.1. The molecular formula is C17H23NO4. The molecule has 0 spiro atoms. The molecule has 0 aliphatic carbocycles. The monoisotopic (exact) mass is 305 g/mol. The van der Waals surface area contributed by atoms with Crippen LogP contribution in [0.15, 0.2) is 24.3 Å². The number of amides is 1. The Bertz CT molecular complexity index is 523. The molecule has 2 rings (SSSR count). The molecule has 0 saturated carbocycles. The van der Waals surface area contributed by atoms with E-state index >= 15 is 0 Å². The maximum absolute atomic E-state index is 12.1. The van der Waals surface area contributed by atoms with Crippen molar-refractivity contribution in [2.75, 3.05) is 6.61 Å². The summed E-state index contributed by atoms with van der Waals surface area (Å²) in [4.78, 5) is 23.2. The number of nitrogens with one attached hydrogen (secondary N) is 1. The van der Waals surface area contributed by atoms with E-state index in [2.05, 4.69) is 5.32 Å². The van der Waals surface area contributed by atoms with Crippen LogP contribution in [0.25, 0.3) is 0 Å². The third kappa shape index (κ3) is 4.84. The van der Waals surface area contributed by atoms with Crippen molar-refractivity contribution < 1.29 is 19.4 Å². The third-order valence-corrected chi connectivity index (χ3v) is 4.00. The van der Waals surface area contributed by atoms with Gasteiger partial charge in [0.15, 0.2) is 0 Å². The molecule has 0 bridgehead atoms. The predicted octanol–water partition coefficient (Wildman–Crippen LogP) is 2.59. The highest BCUT2D eigenvalue weighted by atomic mass is 16.5. The van der Waals surface area contributed by atoms with Gasteiger partial charge in [0.25, 0.3) is 0 Å². The summed E-state index contributed by atoms with van der Waals surface area (Å²) in [6.07, 6.45) is 3.17. The van der Waals surface area contributed by atoms with Gasteiger partial charge in [-0.25, -0.2) is 0 Å². The summed E-state index contributed by atoms with van der Waals surface area (Å²) in [7, 11) is 0. The van der Waals surface area contributed by atoms with Crippen LogP contribution in [0.2, 0.25) is 0 Å². The van der Waals surface area contributed by atoms with Gasteiger partial charge in [-0.2, -0.15) is 0 Å². The largest absolute Gasteiger partial charge is 0.481 e. The second-order valence-electron chi connectivity index (χ2n) is 5.75. The first-order valence-electron chi connectivity index (χ1n) is 7.74. The Morgan fingerprint density at radius 1 is 1.41 bits per heavy atom. The molecule has 1 aromatic rings. The van der Waals surface area contributed by atoms with Gasteiger partial charge in [0.1, 0.15) is 0 Å². The van der Waals surface area contributed by atoms with E-state index in [9.17, 15) is 9.59 Å². The highest BCUT2D eigenvalue weighted by Crippen LogP contribution is 2.22. The fourth-order valence-corrected chi connectivity index (χ4v) is 2.82. The summed E-state index contributed by atoms with van der Waals surface area (Å²) in [5, 5.41) is 11.9. The Morgan fingerprint density at radius 2 is 2.18 bits per heavy atom. The molecule has 1 fully saturated rings. The zero-order valence-corrected chi connectivity index (χ0v) is 12.9. The second-order valence-corrected chi connectivity index (χ2v) is 5.75. The molecule has 0 unspecified atom stereocenters. The Hall–Kier alpha value is -1.88. The highest BCUT2D eigenvalue weighted by Gasteiger charge is 2.21. The minimum absolute atomic E-state index is 0.115. The van der Waals surface area contributed by atoms with Gasteiger partial charge in [-0.05, 0) is 37.3 Å². The lowest BCUT2D eigenvalue weighted by Gasteiger charge is -2.20. The zero-order valence-electron chi connectivity index (χ0n) is 12.9. The van der Waals surface area contributed by atoms with Gasteiger partial charge in [0.2, 0.25) is 5.91 Å². The molecule has 5 heteroatoms. The van der Waals surface area contributed by atoms with Gasteiger partial charge in [0, 0.05) is 13.0 Å². The first kappa shape index (κ1) is 16.5. The van der Waals surface area contributed by atoms with Gasteiger partial charge in [0.05, 0.1) is 18.6 Å². The van der Waals surface area contributed by atoms with E-state index in [1.54, 1.807) is 0 Å². The van der Waals surface area contributed by atoms with Crippen molar-refractivity contribution in [1.29, 1.82) is 0 Å². The van der Waals surface area contributed by atoms with Crippen molar-refractivity contribution in [1.82, 2.24) is 5.32 Å². The zero-order chi connectivity index (χ0) is 15.9. The lowest BCUT2D eigenvalue weighted by Crippen LogP contribution is -2.31. The molecule has 1 aromatic carbocycles. The Balaban J connectivity index is 1.95. The van der Waals surface area contributed by atoms with E-state index < -0.39 is 12.0 Å². The average Bonchev–Trinajstić information content (AvgIpc) is 2.98. The third-order valence-electron chi connectivity index (χ3n) is 4.00. The molecule has 1 amide bonds. The molecule has 5 nitrogen and oxygen atoms in total. The quantitative estimate of drug-likeness (QED) is 0.812. The van der Waals surface area contributed by atoms with E-state index in [0.717, 1.165) is 30.6 Å². The van der Waals surface area contributed by atoms with Crippen LogP contribution in [-0.4, -0.2) is 29.7 Å². The average molecular weight is 305 g/mol. The SMILES string of the molecule is Cc1ccccc1[C@@H](CC(=O)O)NC(=O)CC[C@H]1CCCO1. The van der Waals surface area contributed by atoms with E-state index in [1.807, 2.05) is 31.2 Å². The molecule has 0 aromatic heterocycles. The van der Waals surface area contributed by atoms with E-state index in [0.29, 0.717) is 12.8 Å². The topological polar surface area (TPSA) is 75.6 Å².